The fraction of sp³-hybridized carbons (Fsp3) is 0.875. The van der Waals surface area contributed by atoms with Gasteiger partial charge in [-0.2, -0.15) is 0 Å². The van der Waals surface area contributed by atoms with Crippen molar-refractivity contribution in [2.24, 2.45) is 0 Å². The van der Waals surface area contributed by atoms with Crippen molar-refractivity contribution in [1.82, 2.24) is 5.32 Å². The van der Waals surface area contributed by atoms with E-state index in [0.29, 0.717) is 6.42 Å². The molecule has 0 aliphatic rings. The van der Waals surface area contributed by atoms with Crippen molar-refractivity contribution in [3.8, 4) is 0 Å². The van der Waals surface area contributed by atoms with Crippen LogP contribution in [0.5, 0.6) is 0 Å². The first-order valence-electron chi connectivity index (χ1n) is 4.16. The lowest BCUT2D eigenvalue weighted by atomic mass is 9.96. The number of aliphatic hydroxyl groups is 1. The van der Waals surface area contributed by atoms with Gasteiger partial charge >= 0.3 is 6.09 Å². The Hall–Kier alpha value is -0.770. The van der Waals surface area contributed by atoms with Crippen LogP contribution in [0.25, 0.3) is 0 Å². The highest BCUT2D eigenvalue weighted by molar-refractivity contribution is 5.65. The minimum atomic E-state index is -1.08. The van der Waals surface area contributed by atoms with Gasteiger partial charge in [-0.15, -0.1) is 0 Å². The first kappa shape index (κ1) is 11.2. The van der Waals surface area contributed by atoms with Gasteiger partial charge in [-0.25, -0.2) is 4.79 Å². The Morgan fingerprint density at radius 1 is 1.58 bits per heavy atom. The van der Waals surface area contributed by atoms with Crippen LogP contribution in [0.2, 0.25) is 0 Å². The highest BCUT2D eigenvalue weighted by Gasteiger charge is 2.24. The first-order chi connectivity index (χ1) is 5.54. The van der Waals surface area contributed by atoms with E-state index in [1.54, 1.807) is 6.92 Å². The molecule has 0 heterocycles. The maximum atomic E-state index is 10.3. The molecular formula is C8H17NO3. The molecule has 0 aromatic rings. The molecule has 0 spiro atoms. The smallest absolute Gasteiger partial charge is 0.405 e. The second-order valence-corrected chi connectivity index (χ2v) is 3.25. The van der Waals surface area contributed by atoms with Crippen LogP contribution in [0.15, 0.2) is 0 Å². The molecule has 1 atom stereocenters. The van der Waals surface area contributed by atoms with Crippen molar-refractivity contribution >= 4 is 6.09 Å². The van der Waals surface area contributed by atoms with Crippen LogP contribution in [0, 0.1) is 0 Å². The third-order valence-electron chi connectivity index (χ3n) is 1.84. The molecule has 0 aromatic carbocycles. The molecule has 0 fully saturated rings. The molecule has 0 radical (unpaired) electrons. The lowest BCUT2D eigenvalue weighted by molar-refractivity contribution is 0.140. The third kappa shape index (κ3) is 4.18. The summed E-state index contributed by atoms with van der Waals surface area (Å²) in [5.41, 5.74) is -0.679. The minimum Gasteiger partial charge on any atom is -0.465 e. The van der Waals surface area contributed by atoms with E-state index >= 15 is 0 Å². The van der Waals surface area contributed by atoms with Crippen molar-refractivity contribution in [1.29, 1.82) is 0 Å². The molecule has 1 amide bonds. The van der Waals surface area contributed by atoms with Gasteiger partial charge in [0.05, 0.1) is 12.1 Å². The number of carboxylic acid groups (broad SMARTS) is 1. The Morgan fingerprint density at radius 3 is 2.50 bits per heavy atom. The predicted octanol–water partition coefficient (Wildman–Crippen LogP) is 1.20. The van der Waals surface area contributed by atoms with Gasteiger partial charge in [0.15, 0.2) is 0 Å². The van der Waals surface area contributed by atoms with Crippen LogP contribution in [-0.2, 0) is 0 Å². The zero-order chi connectivity index (χ0) is 9.61. The fourth-order valence-electron chi connectivity index (χ4n) is 1.01. The van der Waals surface area contributed by atoms with Crippen LogP contribution < -0.4 is 5.32 Å². The van der Waals surface area contributed by atoms with Crippen LogP contribution in [-0.4, -0.2) is 28.5 Å². The summed E-state index contributed by atoms with van der Waals surface area (Å²) < 4.78 is 0. The number of carbonyl (C=O) groups is 1. The molecule has 0 aliphatic carbocycles. The van der Waals surface area contributed by atoms with Gasteiger partial charge in [0, 0.05) is 0 Å². The van der Waals surface area contributed by atoms with E-state index in [4.69, 9.17) is 10.2 Å². The normalized spacial score (nSPS) is 15.2. The highest BCUT2D eigenvalue weighted by atomic mass is 16.4. The summed E-state index contributed by atoms with van der Waals surface area (Å²) >= 11 is 0. The van der Waals surface area contributed by atoms with E-state index in [1.165, 1.54) is 0 Å². The summed E-state index contributed by atoms with van der Waals surface area (Å²) in [6.07, 6.45) is 1.50. The molecule has 0 unspecified atom stereocenters. The molecule has 72 valence electrons. The van der Waals surface area contributed by atoms with Gasteiger partial charge in [0.1, 0.15) is 0 Å². The lowest BCUT2D eigenvalue weighted by Crippen LogP contribution is -2.48. The molecule has 0 aromatic heterocycles. The van der Waals surface area contributed by atoms with Crippen LogP contribution >= 0.6 is 0 Å². The summed E-state index contributed by atoms with van der Waals surface area (Å²) in [5, 5.41) is 19.7. The molecule has 0 bridgehead atoms. The molecule has 0 aliphatic heterocycles. The highest BCUT2D eigenvalue weighted by Crippen LogP contribution is 2.12. The molecule has 4 nitrogen and oxygen atoms in total. The standard InChI is InChI=1S/C8H17NO3/c1-3-4-5-8(2,6-10)9-7(11)12/h9-10H,3-6H2,1-2H3,(H,11,12)/t8-/m1/s1. The molecular weight excluding hydrogens is 158 g/mol. The molecule has 0 rings (SSSR count). The Balaban J connectivity index is 3.95. The molecule has 12 heavy (non-hydrogen) atoms. The van der Waals surface area contributed by atoms with E-state index in [2.05, 4.69) is 5.32 Å². The zero-order valence-electron chi connectivity index (χ0n) is 7.63. The summed E-state index contributed by atoms with van der Waals surface area (Å²) in [4.78, 5) is 10.3. The van der Waals surface area contributed by atoms with Crippen LogP contribution in [0.1, 0.15) is 33.1 Å². The third-order valence-corrected chi connectivity index (χ3v) is 1.84. The van der Waals surface area contributed by atoms with Crippen molar-refractivity contribution < 1.29 is 15.0 Å². The SMILES string of the molecule is CCCC[C@](C)(CO)NC(=O)O. The Labute approximate surface area is 72.6 Å². The average molecular weight is 175 g/mol. The number of aliphatic hydroxyl groups excluding tert-OH is 1. The average Bonchev–Trinajstić information content (AvgIpc) is 2.00. The maximum Gasteiger partial charge on any atom is 0.405 e. The number of nitrogens with one attached hydrogen (secondary N) is 1. The van der Waals surface area contributed by atoms with Gasteiger partial charge in [-0.1, -0.05) is 19.8 Å². The van der Waals surface area contributed by atoms with E-state index in [0.717, 1.165) is 12.8 Å². The van der Waals surface area contributed by atoms with Crippen molar-refractivity contribution in [3.63, 3.8) is 0 Å². The first-order valence-corrected chi connectivity index (χ1v) is 4.16. The van der Waals surface area contributed by atoms with Crippen molar-refractivity contribution in [2.45, 2.75) is 38.6 Å². The monoisotopic (exact) mass is 175 g/mol. The summed E-state index contributed by atoms with van der Waals surface area (Å²) in [5.74, 6) is 0. The number of unbranched alkanes of at least 4 members (excludes halogenated alkanes) is 1. The van der Waals surface area contributed by atoms with Gasteiger partial charge in [0.2, 0.25) is 0 Å². The van der Waals surface area contributed by atoms with E-state index in [-0.39, 0.29) is 6.61 Å². The largest absolute Gasteiger partial charge is 0.465 e. The van der Waals surface area contributed by atoms with Crippen LogP contribution in [0.4, 0.5) is 4.79 Å². The van der Waals surface area contributed by atoms with E-state index in [9.17, 15) is 4.79 Å². The van der Waals surface area contributed by atoms with E-state index < -0.39 is 11.6 Å². The summed E-state index contributed by atoms with van der Waals surface area (Å²) in [6, 6.07) is 0. The Kier molecular flexibility index (Phi) is 4.66. The van der Waals surface area contributed by atoms with Crippen molar-refractivity contribution in [3.05, 3.63) is 0 Å². The zero-order valence-corrected chi connectivity index (χ0v) is 7.63. The van der Waals surface area contributed by atoms with Gasteiger partial charge < -0.3 is 15.5 Å². The Morgan fingerprint density at radius 2 is 2.17 bits per heavy atom. The number of hydrogen-bond donors (Lipinski definition) is 3. The number of rotatable bonds is 5. The number of amides is 1. The van der Waals surface area contributed by atoms with Gasteiger partial charge in [-0.05, 0) is 13.3 Å². The number of hydrogen-bond acceptors (Lipinski definition) is 2. The van der Waals surface area contributed by atoms with Gasteiger partial charge in [-0.3, -0.25) is 0 Å². The second-order valence-electron chi connectivity index (χ2n) is 3.25. The second kappa shape index (κ2) is 4.98. The fourth-order valence-corrected chi connectivity index (χ4v) is 1.01. The Bertz CT molecular complexity index is 149. The summed E-state index contributed by atoms with van der Waals surface area (Å²) in [7, 11) is 0. The quantitative estimate of drug-likeness (QED) is 0.588. The van der Waals surface area contributed by atoms with Crippen LogP contribution in [0.3, 0.4) is 0 Å². The van der Waals surface area contributed by atoms with E-state index in [1.807, 2.05) is 6.92 Å². The molecule has 0 saturated heterocycles. The predicted molar refractivity (Wildman–Crippen MR) is 46.2 cm³/mol. The molecule has 0 saturated carbocycles. The van der Waals surface area contributed by atoms with Gasteiger partial charge in [0.25, 0.3) is 0 Å². The molecule has 3 N–H and O–H groups in total. The molecule has 4 heteroatoms. The minimum absolute atomic E-state index is 0.153. The summed E-state index contributed by atoms with van der Waals surface area (Å²) in [6.45, 7) is 3.58. The topological polar surface area (TPSA) is 69.6 Å². The maximum absolute atomic E-state index is 10.3. The van der Waals surface area contributed by atoms with Crippen molar-refractivity contribution in [2.75, 3.05) is 6.61 Å². The lowest BCUT2D eigenvalue weighted by Gasteiger charge is -2.26.